The first kappa shape index (κ1) is 34.8. The van der Waals surface area contributed by atoms with Crippen LogP contribution in [0.15, 0.2) is 217 Å². The zero-order valence-electron chi connectivity index (χ0n) is 33.1. The first-order valence-electron chi connectivity index (χ1n) is 20.4. The highest BCUT2D eigenvalue weighted by atomic mass is 16.3. The molecular weight excluding hydrogens is 715 g/mol. The molecular formula is C57H41NO. The normalized spacial score (nSPS) is 12.7. The van der Waals surface area contributed by atoms with Crippen molar-refractivity contribution in [2.45, 2.75) is 19.3 Å². The number of rotatable bonds is 7. The highest BCUT2D eigenvalue weighted by molar-refractivity contribution is 6.11. The fraction of sp³-hybridized carbons (Fsp3) is 0.0526. The van der Waals surface area contributed by atoms with Gasteiger partial charge in [0.05, 0.1) is 0 Å². The Morgan fingerprint density at radius 2 is 0.831 bits per heavy atom. The molecule has 2 heteroatoms. The van der Waals surface area contributed by atoms with Gasteiger partial charge in [-0.2, -0.15) is 0 Å². The van der Waals surface area contributed by atoms with Crippen molar-refractivity contribution in [2.75, 3.05) is 4.90 Å². The average Bonchev–Trinajstić information content (AvgIpc) is 3.79. The van der Waals surface area contributed by atoms with Crippen molar-refractivity contribution in [3.63, 3.8) is 0 Å². The molecule has 9 aromatic carbocycles. The Morgan fingerprint density at radius 1 is 0.339 bits per heavy atom. The molecule has 0 atom stereocenters. The molecule has 1 heterocycles. The molecule has 2 nitrogen and oxygen atoms in total. The molecule has 0 N–H and O–H groups in total. The number of fused-ring (bicyclic) bond motifs is 6. The molecule has 0 saturated heterocycles. The van der Waals surface area contributed by atoms with Crippen molar-refractivity contribution < 1.29 is 4.42 Å². The third kappa shape index (κ3) is 5.96. The summed E-state index contributed by atoms with van der Waals surface area (Å²) < 4.78 is 6.45. The largest absolute Gasteiger partial charge is 0.455 e. The molecule has 0 spiro atoms. The summed E-state index contributed by atoms with van der Waals surface area (Å²) >= 11 is 0. The summed E-state index contributed by atoms with van der Waals surface area (Å²) in [6, 6.07) is 76.8. The van der Waals surface area contributed by atoms with E-state index < -0.39 is 0 Å². The minimum absolute atomic E-state index is 0.0953. The van der Waals surface area contributed by atoms with Gasteiger partial charge in [0.25, 0.3) is 0 Å². The van der Waals surface area contributed by atoms with Gasteiger partial charge in [-0.15, -0.1) is 0 Å². The maximum atomic E-state index is 6.45. The van der Waals surface area contributed by atoms with Gasteiger partial charge in [-0.05, 0) is 116 Å². The fourth-order valence-corrected chi connectivity index (χ4v) is 9.20. The molecule has 0 saturated carbocycles. The fourth-order valence-electron chi connectivity index (χ4n) is 9.20. The van der Waals surface area contributed by atoms with Gasteiger partial charge in [0.2, 0.25) is 0 Å². The number of benzene rings is 9. The number of hydrogen-bond acceptors (Lipinski definition) is 2. The molecule has 0 fully saturated rings. The maximum absolute atomic E-state index is 6.45. The van der Waals surface area contributed by atoms with Crippen LogP contribution in [0.1, 0.15) is 25.0 Å². The van der Waals surface area contributed by atoms with Gasteiger partial charge < -0.3 is 9.32 Å². The number of hydrogen-bond donors (Lipinski definition) is 0. The van der Waals surface area contributed by atoms with Gasteiger partial charge in [-0.25, -0.2) is 0 Å². The van der Waals surface area contributed by atoms with Crippen LogP contribution in [0.4, 0.5) is 17.1 Å². The number of anilines is 3. The van der Waals surface area contributed by atoms with E-state index in [1.807, 2.05) is 6.07 Å². The summed E-state index contributed by atoms with van der Waals surface area (Å²) in [5.74, 6) is 0. The molecule has 1 aromatic heterocycles. The van der Waals surface area contributed by atoms with Crippen molar-refractivity contribution >= 4 is 39.0 Å². The van der Waals surface area contributed by atoms with Crippen LogP contribution in [0.5, 0.6) is 0 Å². The zero-order chi connectivity index (χ0) is 39.5. The van der Waals surface area contributed by atoms with E-state index in [1.165, 1.54) is 55.6 Å². The van der Waals surface area contributed by atoms with E-state index in [1.54, 1.807) is 0 Å². The van der Waals surface area contributed by atoms with Gasteiger partial charge in [0.15, 0.2) is 0 Å². The van der Waals surface area contributed by atoms with Crippen LogP contribution in [-0.4, -0.2) is 0 Å². The van der Waals surface area contributed by atoms with Crippen molar-refractivity contribution in [3.8, 4) is 55.6 Å². The highest BCUT2D eigenvalue weighted by Crippen LogP contribution is 2.51. The SMILES string of the molecule is CC1(C)c2ccccc2-c2ccc(N(c3ccc(-c4ccccc4)cc3)c3ccc(-c4ccc(-c5cc(-c6ccccc6)c6oc7ccccc7c6c5)cc4)cc3)cc21. The van der Waals surface area contributed by atoms with Gasteiger partial charge >= 0.3 is 0 Å². The zero-order valence-corrected chi connectivity index (χ0v) is 33.1. The Balaban J connectivity index is 0.953. The van der Waals surface area contributed by atoms with Crippen molar-refractivity contribution in [3.05, 3.63) is 223 Å². The molecule has 0 unspecified atom stereocenters. The standard InChI is InChI=1S/C57H41NO/c1-57(2)53-19-11-9-17-48(53)49-34-33-47(37-54(49)57)58(45-29-25-40(26-30-45)38-13-5-3-6-14-38)46-31-27-41(28-32-46)39-21-23-42(24-22-39)44-35-51(43-15-7-4-8-16-43)56-52(36-44)50-18-10-12-20-55(50)59-56/h3-37H,1-2H3. The van der Waals surface area contributed by atoms with E-state index >= 15 is 0 Å². The summed E-state index contributed by atoms with van der Waals surface area (Å²) in [6.45, 7) is 4.70. The predicted molar refractivity (Wildman–Crippen MR) is 248 cm³/mol. The molecule has 0 radical (unpaired) electrons. The monoisotopic (exact) mass is 755 g/mol. The van der Waals surface area contributed by atoms with Crippen molar-refractivity contribution in [1.82, 2.24) is 0 Å². The lowest BCUT2D eigenvalue weighted by atomic mass is 9.82. The van der Waals surface area contributed by atoms with Crippen LogP contribution >= 0.6 is 0 Å². The van der Waals surface area contributed by atoms with Crippen LogP contribution in [0.2, 0.25) is 0 Å². The lowest BCUT2D eigenvalue weighted by molar-refractivity contribution is 0.660. The van der Waals surface area contributed by atoms with Crippen LogP contribution < -0.4 is 4.90 Å². The summed E-state index contributed by atoms with van der Waals surface area (Å²) in [7, 11) is 0. The van der Waals surface area contributed by atoms with Crippen LogP contribution in [0.3, 0.4) is 0 Å². The summed E-state index contributed by atoms with van der Waals surface area (Å²) in [5, 5.41) is 2.26. The maximum Gasteiger partial charge on any atom is 0.143 e. The van der Waals surface area contributed by atoms with Crippen LogP contribution in [-0.2, 0) is 5.41 Å². The van der Waals surface area contributed by atoms with Crippen LogP contribution in [0.25, 0.3) is 77.6 Å². The van der Waals surface area contributed by atoms with Crippen LogP contribution in [0, 0.1) is 0 Å². The summed E-state index contributed by atoms with van der Waals surface area (Å²) in [4.78, 5) is 2.39. The van der Waals surface area contributed by atoms with E-state index in [0.29, 0.717) is 0 Å². The molecule has 1 aliphatic carbocycles. The van der Waals surface area contributed by atoms with Crippen molar-refractivity contribution in [1.29, 1.82) is 0 Å². The molecule has 280 valence electrons. The van der Waals surface area contributed by atoms with Gasteiger partial charge in [0.1, 0.15) is 11.2 Å². The average molecular weight is 756 g/mol. The van der Waals surface area contributed by atoms with Gasteiger partial charge in [-0.3, -0.25) is 0 Å². The first-order chi connectivity index (χ1) is 29.0. The lowest BCUT2D eigenvalue weighted by Crippen LogP contribution is -2.16. The van der Waals surface area contributed by atoms with E-state index in [0.717, 1.165) is 50.1 Å². The Bertz CT molecular complexity index is 3140. The minimum Gasteiger partial charge on any atom is -0.455 e. The second-order valence-corrected chi connectivity index (χ2v) is 16.1. The Labute approximate surface area is 345 Å². The topological polar surface area (TPSA) is 16.4 Å². The molecule has 0 amide bonds. The predicted octanol–water partition coefficient (Wildman–Crippen LogP) is 16.0. The molecule has 10 aromatic rings. The molecule has 1 aliphatic rings. The van der Waals surface area contributed by atoms with E-state index in [9.17, 15) is 0 Å². The third-order valence-electron chi connectivity index (χ3n) is 12.3. The third-order valence-corrected chi connectivity index (χ3v) is 12.3. The Kier molecular flexibility index (Phi) is 8.20. The highest BCUT2D eigenvalue weighted by Gasteiger charge is 2.35. The number of nitrogens with zero attached hydrogens (tertiary/aromatic N) is 1. The quantitative estimate of drug-likeness (QED) is 0.161. The molecule has 59 heavy (non-hydrogen) atoms. The van der Waals surface area contributed by atoms with E-state index in [4.69, 9.17) is 4.42 Å². The number of furan rings is 1. The Morgan fingerprint density at radius 3 is 1.49 bits per heavy atom. The van der Waals surface area contributed by atoms with Gasteiger partial charge in [-0.1, -0.05) is 172 Å². The molecule has 11 rings (SSSR count). The van der Waals surface area contributed by atoms with E-state index in [-0.39, 0.29) is 5.41 Å². The lowest BCUT2D eigenvalue weighted by Gasteiger charge is -2.28. The van der Waals surface area contributed by atoms with Gasteiger partial charge in [0, 0.05) is 38.8 Å². The van der Waals surface area contributed by atoms with Crippen molar-refractivity contribution in [2.24, 2.45) is 0 Å². The number of para-hydroxylation sites is 1. The molecule has 0 aliphatic heterocycles. The smallest absolute Gasteiger partial charge is 0.143 e. The minimum atomic E-state index is -0.0953. The summed E-state index contributed by atoms with van der Waals surface area (Å²) in [6.07, 6.45) is 0. The Hall–Kier alpha value is -7.42. The summed E-state index contributed by atoms with van der Waals surface area (Å²) in [5.41, 5.74) is 19.8. The second-order valence-electron chi connectivity index (χ2n) is 16.1. The second kappa shape index (κ2) is 13.9. The molecule has 0 bridgehead atoms. The van der Waals surface area contributed by atoms with E-state index in [2.05, 4.69) is 225 Å². The first-order valence-corrected chi connectivity index (χ1v) is 20.4.